The molecule has 4 aliphatic rings. The molecule has 2 saturated heterocycles. The molecule has 98 valence electrons. The second-order valence-electron chi connectivity index (χ2n) is 6.51. The molecule has 18 heavy (non-hydrogen) atoms. The lowest BCUT2D eigenvalue weighted by molar-refractivity contribution is -0.226. The molecule has 0 N–H and O–H groups in total. The first-order valence-electron chi connectivity index (χ1n) is 6.99. The zero-order chi connectivity index (χ0) is 12.3. The smallest absolute Gasteiger partial charge is 0.0886 e. The van der Waals surface area contributed by atoms with Gasteiger partial charge in [-0.15, -0.1) is 0 Å². The Bertz CT molecular complexity index is 447. The summed E-state index contributed by atoms with van der Waals surface area (Å²) in [6, 6.07) is 0. The van der Waals surface area contributed by atoms with E-state index in [1.165, 1.54) is 32.1 Å². The van der Waals surface area contributed by atoms with Crippen LogP contribution in [0.15, 0.2) is 6.20 Å². The highest BCUT2D eigenvalue weighted by Crippen LogP contribution is 2.53. The van der Waals surface area contributed by atoms with Gasteiger partial charge in [-0.3, -0.25) is 4.68 Å². The normalized spacial score (nSPS) is 41.6. The van der Waals surface area contributed by atoms with E-state index in [-0.39, 0.29) is 5.60 Å². The molecule has 0 aromatic carbocycles. The number of hydrogen-bond acceptors (Lipinski definition) is 2. The van der Waals surface area contributed by atoms with Gasteiger partial charge in [0.25, 0.3) is 0 Å². The van der Waals surface area contributed by atoms with Crippen molar-refractivity contribution in [3.63, 3.8) is 0 Å². The van der Waals surface area contributed by atoms with Gasteiger partial charge in [0.15, 0.2) is 0 Å². The maximum Gasteiger partial charge on any atom is 0.0886 e. The van der Waals surface area contributed by atoms with E-state index in [9.17, 15) is 0 Å². The van der Waals surface area contributed by atoms with E-state index in [1.807, 2.05) is 11.6 Å². The van der Waals surface area contributed by atoms with E-state index in [0.29, 0.717) is 6.10 Å². The number of hydrogen-bond donors (Lipinski definition) is 0. The van der Waals surface area contributed by atoms with E-state index < -0.39 is 0 Å². The summed E-state index contributed by atoms with van der Waals surface area (Å²) >= 11 is 6.09. The highest BCUT2D eigenvalue weighted by molar-refractivity contribution is 6.31. The number of nitrogens with zero attached hydrogens (tertiary/aromatic N) is 2. The third kappa shape index (κ3) is 1.64. The molecule has 1 aromatic heterocycles. The highest BCUT2D eigenvalue weighted by atomic mass is 35.5. The average Bonchev–Trinajstić information content (AvgIpc) is 2.58. The van der Waals surface area contributed by atoms with Crippen molar-refractivity contribution in [1.29, 1.82) is 0 Å². The fourth-order valence-electron chi connectivity index (χ4n) is 4.54. The maximum absolute atomic E-state index is 6.37. The minimum Gasteiger partial charge on any atom is -0.370 e. The molecule has 2 aliphatic heterocycles. The van der Waals surface area contributed by atoms with E-state index in [0.717, 1.165) is 29.1 Å². The summed E-state index contributed by atoms with van der Waals surface area (Å²) in [6.07, 6.45) is 8.71. The minimum absolute atomic E-state index is 0.0505. The van der Waals surface area contributed by atoms with Gasteiger partial charge in [-0.2, -0.15) is 5.10 Å². The van der Waals surface area contributed by atoms with Crippen molar-refractivity contribution in [3.05, 3.63) is 16.9 Å². The molecular weight excluding hydrogens is 248 g/mol. The molecule has 0 radical (unpaired) electrons. The topological polar surface area (TPSA) is 27.1 Å². The molecule has 3 heterocycles. The summed E-state index contributed by atoms with van der Waals surface area (Å²) in [4.78, 5) is 0. The van der Waals surface area contributed by atoms with Crippen LogP contribution in [0.4, 0.5) is 0 Å². The van der Waals surface area contributed by atoms with Gasteiger partial charge in [0.2, 0.25) is 0 Å². The number of rotatable bonds is 2. The lowest BCUT2D eigenvalue weighted by atomic mass is 9.62. The fraction of sp³-hybridized carbons (Fsp3) is 0.786. The third-order valence-corrected chi connectivity index (χ3v) is 5.45. The molecule has 5 rings (SSSR count). The average molecular weight is 267 g/mol. The molecule has 2 aliphatic carbocycles. The van der Waals surface area contributed by atoms with Gasteiger partial charge in [0.05, 0.1) is 35.2 Å². The SMILES string of the molecule is Cc1c(Cl)cnn1CC12CC3CC(CC(C3)O1)C2. The monoisotopic (exact) mass is 266 g/mol. The quantitative estimate of drug-likeness (QED) is 0.822. The minimum atomic E-state index is 0.0505. The summed E-state index contributed by atoms with van der Waals surface area (Å²) in [6.45, 7) is 2.92. The maximum atomic E-state index is 6.37. The van der Waals surface area contributed by atoms with E-state index >= 15 is 0 Å². The second kappa shape index (κ2) is 3.73. The molecule has 0 amide bonds. The van der Waals surface area contributed by atoms with Crippen molar-refractivity contribution in [2.45, 2.75) is 57.3 Å². The summed E-state index contributed by atoms with van der Waals surface area (Å²) in [5.41, 5.74) is 1.12. The lowest BCUT2D eigenvalue weighted by Gasteiger charge is -2.56. The number of ether oxygens (including phenoxy) is 1. The van der Waals surface area contributed by atoms with Gasteiger partial charge in [0, 0.05) is 0 Å². The van der Waals surface area contributed by atoms with Crippen molar-refractivity contribution in [3.8, 4) is 0 Å². The van der Waals surface area contributed by atoms with Crippen LogP contribution in [0, 0.1) is 18.8 Å². The Hall–Kier alpha value is -0.540. The summed E-state index contributed by atoms with van der Waals surface area (Å²) in [5, 5.41) is 5.16. The van der Waals surface area contributed by atoms with Crippen LogP contribution in [0.1, 0.15) is 37.8 Å². The highest BCUT2D eigenvalue weighted by Gasteiger charge is 2.52. The molecule has 0 spiro atoms. The van der Waals surface area contributed by atoms with Crippen molar-refractivity contribution in [2.75, 3.05) is 0 Å². The first kappa shape index (κ1) is 11.3. The Morgan fingerprint density at radius 2 is 2.11 bits per heavy atom. The van der Waals surface area contributed by atoms with Gasteiger partial charge in [-0.1, -0.05) is 11.6 Å². The molecule has 4 heteroatoms. The van der Waals surface area contributed by atoms with Crippen LogP contribution in [0.2, 0.25) is 5.02 Å². The molecule has 4 bridgehead atoms. The van der Waals surface area contributed by atoms with Gasteiger partial charge in [-0.05, 0) is 50.9 Å². The van der Waals surface area contributed by atoms with E-state index in [4.69, 9.17) is 16.3 Å². The van der Waals surface area contributed by atoms with Crippen molar-refractivity contribution >= 4 is 11.6 Å². The number of halogens is 1. The predicted molar refractivity (Wildman–Crippen MR) is 69.6 cm³/mol. The Labute approximate surface area is 112 Å². The third-order valence-electron chi connectivity index (χ3n) is 5.08. The Morgan fingerprint density at radius 3 is 2.67 bits per heavy atom. The van der Waals surface area contributed by atoms with Crippen LogP contribution in [0.25, 0.3) is 0 Å². The zero-order valence-corrected chi connectivity index (χ0v) is 11.5. The number of aromatic nitrogens is 2. The second-order valence-corrected chi connectivity index (χ2v) is 6.91. The standard InChI is InChI=1S/C14H19ClN2O/c1-9-13(15)7-16-17(9)8-14-5-10-2-11(6-14)4-12(3-10)18-14/h7,10-12H,2-6,8H2,1H3. The molecular formula is C14H19ClN2O. The van der Waals surface area contributed by atoms with Crippen molar-refractivity contribution in [2.24, 2.45) is 11.8 Å². The zero-order valence-electron chi connectivity index (χ0n) is 10.7. The lowest BCUT2D eigenvalue weighted by Crippen LogP contribution is -2.56. The van der Waals surface area contributed by atoms with Crippen LogP contribution in [-0.4, -0.2) is 21.5 Å². The summed E-state index contributed by atoms with van der Waals surface area (Å²) < 4.78 is 8.41. The molecule has 2 unspecified atom stereocenters. The first-order valence-corrected chi connectivity index (χ1v) is 7.37. The van der Waals surface area contributed by atoms with E-state index in [1.54, 1.807) is 6.20 Å². The summed E-state index contributed by atoms with van der Waals surface area (Å²) in [5.74, 6) is 1.78. The molecule has 2 atom stereocenters. The van der Waals surface area contributed by atoms with Crippen molar-refractivity contribution < 1.29 is 4.74 Å². The molecule has 3 nitrogen and oxygen atoms in total. The summed E-state index contributed by atoms with van der Waals surface area (Å²) in [7, 11) is 0. The van der Waals surface area contributed by atoms with Gasteiger partial charge in [-0.25, -0.2) is 0 Å². The molecule has 1 aromatic rings. The van der Waals surface area contributed by atoms with Gasteiger partial charge < -0.3 is 4.74 Å². The van der Waals surface area contributed by atoms with Gasteiger partial charge in [0.1, 0.15) is 0 Å². The van der Waals surface area contributed by atoms with E-state index in [2.05, 4.69) is 5.10 Å². The fourth-order valence-corrected chi connectivity index (χ4v) is 4.68. The molecule has 4 fully saturated rings. The van der Waals surface area contributed by atoms with Crippen LogP contribution >= 0.6 is 11.6 Å². The Morgan fingerprint density at radius 1 is 1.39 bits per heavy atom. The Balaban J connectivity index is 1.62. The molecule has 2 saturated carbocycles. The first-order chi connectivity index (χ1) is 8.63. The predicted octanol–water partition coefficient (Wildman–Crippen LogP) is 3.19. The largest absolute Gasteiger partial charge is 0.370 e. The van der Waals surface area contributed by atoms with Crippen LogP contribution < -0.4 is 0 Å². The van der Waals surface area contributed by atoms with Crippen molar-refractivity contribution in [1.82, 2.24) is 9.78 Å². The van der Waals surface area contributed by atoms with Crippen LogP contribution in [-0.2, 0) is 11.3 Å². The van der Waals surface area contributed by atoms with Gasteiger partial charge >= 0.3 is 0 Å². The van der Waals surface area contributed by atoms with Crippen LogP contribution in [0.3, 0.4) is 0 Å². The Kier molecular flexibility index (Phi) is 2.34. The van der Waals surface area contributed by atoms with Crippen LogP contribution in [0.5, 0.6) is 0 Å².